The quantitative estimate of drug-likeness (QED) is 0.583. The molecule has 0 aromatic heterocycles. The van der Waals surface area contributed by atoms with Crippen molar-refractivity contribution in [2.24, 2.45) is 11.8 Å². The summed E-state index contributed by atoms with van der Waals surface area (Å²) in [5, 5.41) is 0.536. The van der Waals surface area contributed by atoms with Crippen molar-refractivity contribution in [2.45, 2.75) is 19.8 Å². The van der Waals surface area contributed by atoms with Crippen molar-refractivity contribution in [3.05, 3.63) is 40.9 Å². The normalized spacial score (nSPS) is 25.9. The molecular weight excluding hydrogens is 262 g/mol. The van der Waals surface area contributed by atoms with E-state index in [1.165, 1.54) is 4.90 Å². The first-order valence-corrected chi connectivity index (χ1v) is 6.76. The van der Waals surface area contributed by atoms with Crippen molar-refractivity contribution in [3.8, 4) is 0 Å². The molecule has 1 heterocycles. The standard InChI is InChI=1S/C15H14ClNO2/c1-9-6-7-10(16)8-13(9)17-14(18)11-4-2-3-5-12(11)15(17)19/h2-3,6-8,11-12H,4-5H2,1H3/t11-,12-/m0/s1. The third-order valence-electron chi connectivity index (χ3n) is 3.92. The van der Waals surface area contributed by atoms with Gasteiger partial charge in [0.2, 0.25) is 11.8 Å². The fourth-order valence-electron chi connectivity index (χ4n) is 2.86. The maximum atomic E-state index is 12.4. The molecule has 1 aliphatic heterocycles. The minimum absolute atomic E-state index is 0.0929. The maximum absolute atomic E-state index is 12.4. The number of fused-ring (bicyclic) bond motifs is 1. The highest BCUT2D eigenvalue weighted by atomic mass is 35.5. The lowest BCUT2D eigenvalue weighted by Gasteiger charge is -2.17. The van der Waals surface area contributed by atoms with Crippen molar-refractivity contribution >= 4 is 29.1 Å². The minimum Gasteiger partial charge on any atom is -0.274 e. The van der Waals surface area contributed by atoms with Crippen molar-refractivity contribution in [2.75, 3.05) is 4.90 Å². The predicted molar refractivity (Wildman–Crippen MR) is 74.0 cm³/mol. The van der Waals surface area contributed by atoms with Crippen LogP contribution in [0.3, 0.4) is 0 Å². The molecule has 3 rings (SSSR count). The summed E-state index contributed by atoms with van der Waals surface area (Å²) in [6.45, 7) is 1.88. The molecule has 4 heteroatoms. The van der Waals surface area contributed by atoms with Crippen LogP contribution in [0.15, 0.2) is 30.4 Å². The van der Waals surface area contributed by atoms with Crippen LogP contribution in [0.5, 0.6) is 0 Å². The van der Waals surface area contributed by atoms with Crippen molar-refractivity contribution in [3.63, 3.8) is 0 Å². The summed E-state index contributed by atoms with van der Waals surface area (Å²) >= 11 is 5.98. The molecule has 98 valence electrons. The number of allylic oxidation sites excluding steroid dienone is 2. The second-order valence-corrected chi connectivity index (χ2v) is 5.53. The highest BCUT2D eigenvalue weighted by Gasteiger charge is 2.48. The van der Waals surface area contributed by atoms with Crippen LogP contribution in [-0.4, -0.2) is 11.8 Å². The zero-order chi connectivity index (χ0) is 13.6. The molecule has 1 aromatic carbocycles. The largest absolute Gasteiger partial charge is 0.274 e. The zero-order valence-electron chi connectivity index (χ0n) is 10.6. The molecule has 2 amide bonds. The van der Waals surface area contributed by atoms with Gasteiger partial charge in [-0.15, -0.1) is 0 Å². The molecule has 19 heavy (non-hydrogen) atoms. The molecule has 3 nitrogen and oxygen atoms in total. The Hall–Kier alpha value is -1.61. The molecule has 1 fully saturated rings. The maximum Gasteiger partial charge on any atom is 0.238 e. The number of hydrogen-bond donors (Lipinski definition) is 0. The Bertz CT molecular complexity index is 568. The molecule has 0 saturated carbocycles. The first kappa shape index (κ1) is 12.4. The van der Waals surface area contributed by atoms with E-state index in [-0.39, 0.29) is 23.7 Å². The van der Waals surface area contributed by atoms with E-state index in [4.69, 9.17) is 11.6 Å². The number of carbonyl (C=O) groups excluding carboxylic acids is 2. The molecule has 1 aromatic rings. The number of hydrogen-bond acceptors (Lipinski definition) is 2. The van der Waals surface area contributed by atoms with Gasteiger partial charge in [-0.2, -0.15) is 0 Å². The minimum atomic E-state index is -0.198. The Morgan fingerprint density at radius 3 is 2.26 bits per heavy atom. The van der Waals surface area contributed by atoms with Gasteiger partial charge in [0.1, 0.15) is 0 Å². The Kier molecular flexibility index (Phi) is 2.94. The van der Waals surface area contributed by atoms with Crippen LogP contribution >= 0.6 is 11.6 Å². The van der Waals surface area contributed by atoms with E-state index in [1.54, 1.807) is 12.1 Å². The lowest BCUT2D eigenvalue weighted by Crippen LogP contribution is -2.31. The first-order valence-electron chi connectivity index (χ1n) is 6.38. The molecule has 1 aliphatic carbocycles. The SMILES string of the molecule is Cc1ccc(Cl)cc1N1C(=O)[C@H]2CC=CC[C@@H]2C1=O. The summed E-state index contributed by atoms with van der Waals surface area (Å²) in [5.74, 6) is -0.582. The van der Waals surface area contributed by atoms with Crippen LogP contribution < -0.4 is 4.90 Å². The lowest BCUT2D eigenvalue weighted by atomic mass is 9.85. The van der Waals surface area contributed by atoms with Gasteiger partial charge in [0.25, 0.3) is 0 Å². The highest BCUT2D eigenvalue weighted by Crippen LogP contribution is 2.39. The Labute approximate surface area is 116 Å². The summed E-state index contributed by atoms with van der Waals surface area (Å²) in [6.07, 6.45) is 5.29. The van der Waals surface area contributed by atoms with Crippen LogP contribution in [0.1, 0.15) is 18.4 Å². The molecule has 0 bridgehead atoms. The van der Waals surface area contributed by atoms with Gasteiger partial charge in [0, 0.05) is 5.02 Å². The van der Waals surface area contributed by atoms with Gasteiger partial charge in [0.05, 0.1) is 17.5 Å². The third-order valence-corrected chi connectivity index (χ3v) is 4.15. The topological polar surface area (TPSA) is 37.4 Å². The number of amides is 2. The smallest absolute Gasteiger partial charge is 0.238 e. The van der Waals surface area contributed by atoms with Crippen molar-refractivity contribution < 1.29 is 9.59 Å². The van der Waals surface area contributed by atoms with Crippen LogP contribution in [0, 0.1) is 18.8 Å². The molecular formula is C15H14ClNO2. The van der Waals surface area contributed by atoms with Crippen LogP contribution in [0.2, 0.25) is 5.02 Å². The fourth-order valence-corrected chi connectivity index (χ4v) is 3.03. The Balaban J connectivity index is 2.04. The molecule has 0 N–H and O–H groups in total. The van der Waals surface area contributed by atoms with E-state index in [0.29, 0.717) is 23.6 Å². The average Bonchev–Trinajstić information content (AvgIpc) is 2.66. The molecule has 2 atom stereocenters. The first-order chi connectivity index (χ1) is 9.09. The number of anilines is 1. The van der Waals surface area contributed by atoms with Gasteiger partial charge >= 0.3 is 0 Å². The van der Waals surface area contributed by atoms with E-state index in [1.807, 2.05) is 25.1 Å². The Morgan fingerprint density at radius 1 is 1.11 bits per heavy atom. The number of aryl methyl sites for hydroxylation is 1. The van der Waals surface area contributed by atoms with E-state index < -0.39 is 0 Å². The summed E-state index contributed by atoms with van der Waals surface area (Å²) in [4.78, 5) is 26.2. The molecule has 0 radical (unpaired) electrons. The van der Waals surface area contributed by atoms with Gasteiger partial charge in [-0.1, -0.05) is 29.8 Å². The van der Waals surface area contributed by atoms with Crippen molar-refractivity contribution in [1.29, 1.82) is 0 Å². The van der Waals surface area contributed by atoms with Gasteiger partial charge in [-0.05, 0) is 37.5 Å². The van der Waals surface area contributed by atoms with Gasteiger partial charge < -0.3 is 0 Å². The summed E-state index contributed by atoms with van der Waals surface area (Å²) in [7, 11) is 0. The van der Waals surface area contributed by atoms with E-state index in [0.717, 1.165) is 5.56 Å². The molecule has 1 saturated heterocycles. The fraction of sp³-hybridized carbons (Fsp3) is 0.333. The van der Waals surface area contributed by atoms with Crippen LogP contribution in [-0.2, 0) is 9.59 Å². The van der Waals surface area contributed by atoms with Gasteiger partial charge in [-0.3, -0.25) is 9.59 Å². The van der Waals surface area contributed by atoms with Gasteiger partial charge in [0.15, 0.2) is 0 Å². The second-order valence-electron chi connectivity index (χ2n) is 5.10. The second kappa shape index (κ2) is 4.49. The predicted octanol–water partition coefficient (Wildman–Crippen LogP) is 3.10. The number of benzene rings is 1. The average molecular weight is 276 g/mol. The van der Waals surface area contributed by atoms with E-state index in [9.17, 15) is 9.59 Å². The van der Waals surface area contributed by atoms with E-state index >= 15 is 0 Å². The number of imide groups is 1. The number of rotatable bonds is 1. The zero-order valence-corrected chi connectivity index (χ0v) is 11.4. The molecule has 0 unspecified atom stereocenters. The van der Waals surface area contributed by atoms with Crippen molar-refractivity contribution in [1.82, 2.24) is 0 Å². The Morgan fingerprint density at radius 2 is 1.68 bits per heavy atom. The number of halogens is 1. The summed E-state index contributed by atoms with van der Waals surface area (Å²) in [6, 6.07) is 5.29. The van der Waals surface area contributed by atoms with Crippen LogP contribution in [0.4, 0.5) is 5.69 Å². The van der Waals surface area contributed by atoms with E-state index in [2.05, 4.69) is 0 Å². The number of nitrogens with zero attached hydrogens (tertiary/aromatic N) is 1. The van der Waals surface area contributed by atoms with Crippen LogP contribution in [0.25, 0.3) is 0 Å². The molecule has 2 aliphatic rings. The monoisotopic (exact) mass is 275 g/mol. The molecule has 0 spiro atoms. The number of carbonyl (C=O) groups is 2. The van der Waals surface area contributed by atoms with Gasteiger partial charge in [-0.25, -0.2) is 4.90 Å². The lowest BCUT2D eigenvalue weighted by molar-refractivity contribution is -0.122. The highest BCUT2D eigenvalue weighted by molar-refractivity contribution is 6.31. The third kappa shape index (κ3) is 1.89. The summed E-state index contributed by atoms with van der Waals surface area (Å²) < 4.78 is 0. The summed E-state index contributed by atoms with van der Waals surface area (Å²) in [5.41, 5.74) is 1.51.